The number of nitrogens with zero attached hydrogens (tertiary/aromatic N) is 4. The first-order chi connectivity index (χ1) is 15.7. The molecule has 4 rings (SSSR count). The first-order valence-corrected chi connectivity index (χ1v) is 12.1. The van der Waals surface area contributed by atoms with E-state index in [1.165, 1.54) is 16.4 Å². The van der Waals surface area contributed by atoms with Crippen LogP contribution in [0.25, 0.3) is 11.4 Å². The van der Waals surface area contributed by atoms with Crippen LogP contribution in [0, 0.1) is 19.7 Å². The zero-order valence-corrected chi connectivity index (χ0v) is 19.3. The van der Waals surface area contributed by atoms with E-state index < -0.39 is 10.0 Å². The Kier molecular flexibility index (Phi) is 6.57. The van der Waals surface area contributed by atoms with Gasteiger partial charge < -0.3 is 9.42 Å². The van der Waals surface area contributed by atoms with Crippen LogP contribution in [-0.4, -0.2) is 59.8 Å². The molecule has 1 saturated heterocycles. The lowest BCUT2D eigenvalue weighted by atomic mass is 10.2. The van der Waals surface area contributed by atoms with Crippen LogP contribution >= 0.6 is 0 Å². The van der Waals surface area contributed by atoms with Gasteiger partial charge in [0.2, 0.25) is 27.6 Å². The molecule has 1 amide bonds. The van der Waals surface area contributed by atoms with Crippen molar-refractivity contribution >= 4 is 15.9 Å². The van der Waals surface area contributed by atoms with Gasteiger partial charge >= 0.3 is 0 Å². The summed E-state index contributed by atoms with van der Waals surface area (Å²) in [6.07, 6.45) is 0.447. The SMILES string of the molecule is Cc1ccc(C)c(S(=O)(=O)N2CCN(C(=O)CCc3nc(-c4ccc(F)cc4)no3)CC2)c1. The molecule has 2 aromatic carbocycles. The van der Waals surface area contributed by atoms with E-state index in [-0.39, 0.29) is 37.7 Å². The van der Waals surface area contributed by atoms with Crippen molar-refractivity contribution in [2.45, 2.75) is 31.6 Å². The first kappa shape index (κ1) is 23.1. The van der Waals surface area contributed by atoms with E-state index in [4.69, 9.17) is 4.52 Å². The molecule has 1 aromatic heterocycles. The van der Waals surface area contributed by atoms with Gasteiger partial charge in [-0.15, -0.1) is 0 Å². The van der Waals surface area contributed by atoms with E-state index in [1.54, 1.807) is 36.1 Å². The van der Waals surface area contributed by atoms with Crippen LogP contribution in [-0.2, 0) is 21.2 Å². The number of carbonyl (C=O) groups is 1. The number of carbonyl (C=O) groups excluding carboxylic acids is 1. The molecule has 33 heavy (non-hydrogen) atoms. The third-order valence-electron chi connectivity index (χ3n) is 5.68. The Bertz CT molecular complexity index is 1250. The molecule has 0 spiro atoms. The molecule has 0 radical (unpaired) electrons. The molecule has 2 heterocycles. The normalized spacial score (nSPS) is 15.1. The van der Waals surface area contributed by atoms with Gasteiger partial charge in [-0.2, -0.15) is 9.29 Å². The highest BCUT2D eigenvalue weighted by atomic mass is 32.2. The summed E-state index contributed by atoms with van der Waals surface area (Å²) in [5.41, 5.74) is 2.22. The number of amides is 1. The Morgan fingerprint density at radius 3 is 2.45 bits per heavy atom. The van der Waals surface area contributed by atoms with E-state index in [0.29, 0.717) is 40.8 Å². The Balaban J connectivity index is 1.32. The monoisotopic (exact) mass is 472 g/mol. The van der Waals surface area contributed by atoms with Crippen LogP contribution in [0.4, 0.5) is 4.39 Å². The summed E-state index contributed by atoms with van der Waals surface area (Å²) in [5, 5.41) is 3.88. The van der Waals surface area contributed by atoms with Crippen molar-refractivity contribution in [3.63, 3.8) is 0 Å². The second kappa shape index (κ2) is 9.40. The van der Waals surface area contributed by atoms with Crippen molar-refractivity contribution in [2.75, 3.05) is 26.2 Å². The fourth-order valence-electron chi connectivity index (χ4n) is 3.75. The number of benzene rings is 2. The molecule has 0 N–H and O–H groups in total. The summed E-state index contributed by atoms with van der Waals surface area (Å²) in [4.78, 5) is 18.9. The predicted octanol–water partition coefficient (Wildman–Crippen LogP) is 2.96. The molecule has 0 unspecified atom stereocenters. The topological polar surface area (TPSA) is 96.6 Å². The first-order valence-electron chi connectivity index (χ1n) is 10.7. The standard InChI is InChI=1S/C23H25FN4O4S/c1-16-3-4-17(2)20(15-16)33(30,31)28-13-11-27(12-14-28)22(29)10-9-21-25-23(26-32-21)18-5-7-19(24)8-6-18/h3-8,15H,9-14H2,1-2H3. The highest BCUT2D eigenvalue weighted by molar-refractivity contribution is 7.89. The quantitative estimate of drug-likeness (QED) is 0.547. The molecular weight excluding hydrogens is 447 g/mol. The van der Waals surface area contributed by atoms with Crippen LogP contribution in [0.1, 0.15) is 23.4 Å². The second-order valence-corrected chi connectivity index (χ2v) is 9.98. The van der Waals surface area contributed by atoms with Crippen molar-refractivity contribution in [1.82, 2.24) is 19.3 Å². The summed E-state index contributed by atoms with van der Waals surface area (Å²) in [7, 11) is -3.61. The number of sulfonamides is 1. The number of rotatable bonds is 6. The zero-order chi connectivity index (χ0) is 23.6. The maximum absolute atomic E-state index is 13.1. The lowest BCUT2D eigenvalue weighted by molar-refractivity contribution is -0.132. The lowest BCUT2D eigenvalue weighted by Gasteiger charge is -2.34. The minimum absolute atomic E-state index is 0.0969. The second-order valence-electron chi connectivity index (χ2n) is 8.07. The summed E-state index contributed by atoms with van der Waals surface area (Å²) >= 11 is 0. The predicted molar refractivity (Wildman–Crippen MR) is 119 cm³/mol. The van der Waals surface area contributed by atoms with Crippen molar-refractivity contribution in [3.05, 3.63) is 65.3 Å². The van der Waals surface area contributed by atoms with Gasteiger partial charge in [0, 0.05) is 44.6 Å². The Morgan fingerprint density at radius 1 is 1.06 bits per heavy atom. The average molecular weight is 473 g/mol. The van der Waals surface area contributed by atoms with E-state index in [1.807, 2.05) is 13.0 Å². The molecule has 8 nitrogen and oxygen atoms in total. The third-order valence-corrected chi connectivity index (χ3v) is 7.72. The minimum Gasteiger partial charge on any atom is -0.340 e. The van der Waals surface area contributed by atoms with Gasteiger partial charge in [0.1, 0.15) is 5.82 Å². The highest BCUT2D eigenvalue weighted by Gasteiger charge is 2.31. The van der Waals surface area contributed by atoms with Crippen LogP contribution in [0.5, 0.6) is 0 Å². The Morgan fingerprint density at radius 2 is 1.76 bits per heavy atom. The van der Waals surface area contributed by atoms with E-state index in [9.17, 15) is 17.6 Å². The maximum Gasteiger partial charge on any atom is 0.243 e. The van der Waals surface area contributed by atoms with Gasteiger partial charge in [0.05, 0.1) is 4.90 Å². The number of piperazine rings is 1. The fourth-order valence-corrected chi connectivity index (χ4v) is 5.48. The summed E-state index contributed by atoms with van der Waals surface area (Å²) in [6, 6.07) is 11.1. The number of aryl methyl sites for hydroxylation is 3. The Hall–Kier alpha value is -3.11. The minimum atomic E-state index is -3.61. The number of aromatic nitrogens is 2. The van der Waals surface area contributed by atoms with Crippen molar-refractivity contribution < 1.29 is 22.1 Å². The molecule has 3 aromatic rings. The molecule has 0 saturated carbocycles. The highest BCUT2D eigenvalue weighted by Crippen LogP contribution is 2.23. The molecule has 1 aliphatic heterocycles. The largest absolute Gasteiger partial charge is 0.340 e. The zero-order valence-electron chi connectivity index (χ0n) is 18.5. The van der Waals surface area contributed by atoms with Gasteiger partial charge in [-0.25, -0.2) is 12.8 Å². The summed E-state index contributed by atoms with van der Waals surface area (Å²) < 4.78 is 45.8. The van der Waals surface area contributed by atoms with Gasteiger partial charge in [0.25, 0.3) is 0 Å². The van der Waals surface area contributed by atoms with Gasteiger partial charge in [-0.05, 0) is 55.3 Å². The van der Waals surface area contributed by atoms with Crippen molar-refractivity contribution in [2.24, 2.45) is 0 Å². The van der Waals surface area contributed by atoms with Crippen LogP contribution in [0.15, 0.2) is 51.9 Å². The molecular formula is C23H25FN4O4S. The summed E-state index contributed by atoms with van der Waals surface area (Å²) in [5.74, 6) is 0.205. The Labute approximate surface area is 192 Å². The van der Waals surface area contributed by atoms with Crippen molar-refractivity contribution in [3.8, 4) is 11.4 Å². The van der Waals surface area contributed by atoms with Crippen LogP contribution in [0.3, 0.4) is 0 Å². The molecule has 0 aliphatic carbocycles. The smallest absolute Gasteiger partial charge is 0.243 e. The van der Waals surface area contributed by atoms with E-state index >= 15 is 0 Å². The third kappa shape index (κ3) is 5.12. The molecule has 1 fully saturated rings. The van der Waals surface area contributed by atoms with E-state index in [0.717, 1.165) is 5.56 Å². The van der Waals surface area contributed by atoms with Gasteiger partial charge in [-0.3, -0.25) is 4.79 Å². The lowest BCUT2D eigenvalue weighted by Crippen LogP contribution is -2.50. The van der Waals surface area contributed by atoms with Gasteiger partial charge in [-0.1, -0.05) is 17.3 Å². The van der Waals surface area contributed by atoms with E-state index in [2.05, 4.69) is 10.1 Å². The van der Waals surface area contributed by atoms with Gasteiger partial charge in [0.15, 0.2) is 0 Å². The molecule has 1 aliphatic rings. The maximum atomic E-state index is 13.1. The van der Waals surface area contributed by atoms with Crippen molar-refractivity contribution in [1.29, 1.82) is 0 Å². The number of halogens is 1. The summed E-state index contributed by atoms with van der Waals surface area (Å²) in [6.45, 7) is 4.79. The number of hydrogen-bond donors (Lipinski definition) is 0. The molecule has 174 valence electrons. The molecule has 0 atom stereocenters. The molecule has 10 heteroatoms. The number of hydrogen-bond acceptors (Lipinski definition) is 6. The fraction of sp³-hybridized carbons (Fsp3) is 0.348. The average Bonchev–Trinajstić information content (AvgIpc) is 3.28. The molecule has 0 bridgehead atoms. The van der Waals surface area contributed by atoms with Crippen LogP contribution < -0.4 is 0 Å². The van der Waals surface area contributed by atoms with Crippen LogP contribution in [0.2, 0.25) is 0 Å².